The van der Waals surface area contributed by atoms with Crippen molar-refractivity contribution in [2.24, 2.45) is 5.92 Å². The standard InChI is InChI=1S/C22H26N2O3S/c1-12-6-14(3)19(15(4)7-12)20-17(25)8-18(27-21(20)26)16(5)11-28-22-23-9-13(2)10-24-22/h6-7,9-10,16,18,25H,8,11H2,1-5H3. The Morgan fingerprint density at radius 1 is 1.14 bits per heavy atom. The molecule has 0 spiro atoms. The first-order valence-corrected chi connectivity index (χ1v) is 10.4. The van der Waals surface area contributed by atoms with Crippen molar-refractivity contribution in [3.63, 3.8) is 0 Å². The summed E-state index contributed by atoms with van der Waals surface area (Å²) >= 11 is 1.53. The van der Waals surface area contributed by atoms with Gasteiger partial charge in [-0.3, -0.25) is 0 Å². The number of rotatable bonds is 5. The zero-order valence-corrected chi connectivity index (χ0v) is 17.8. The Labute approximate surface area is 170 Å². The molecule has 2 aromatic rings. The third kappa shape index (κ3) is 4.38. The lowest BCUT2D eigenvalue weighted by Crippen LogP contribution is -2.32. The summed E-state index contributed by atoms with van der Waals surface area (Å²) in [6.07, 6.45) is 3.53. The molecule has 2 unspecified atom stereocenters. The van der Waals surface area contributed by atoms with E-state index in [0.29, 0.717) is 22.9 Å². The topological polar surface area (TPSA) is 72.3 Å². The van der Waals surface area contributed by atoms with E-state index in [1.165, 1.54) is 11.8 Å². The molecule has 2 atom stereocenters. The summed E-state index contributed by atoms with van der Waals surface area (Å²) < 4.78 is 5.72. The Balaban J connectivity index is 1.75. The molecular formula is C22H26N2O3S. The number of benzene rings is 1. The van der Waals surface area contributed by atoms with Crippen LogP contribution in [0.4, 0.5) is 0 Å². The van der Waals surface area contributed by atoms with Gasteiger partial charge in [-0.25, -0.2) is 14.8 Å². The number of aromatic nitrogens is 2. The number of ether oxygens (including phenoxy) is 1. The van der Waals surface area contributed by atoms with Crippen LogP contribution in [0.5, 0.6) is 0 Å². The average molecular weight is 399 g/mol. The number of thioether (sulfide) groups is 1. The molecule has 1 aliphatic rings. The van der Waals surface area contributed by atoms with Crippen molar-refractivity contribution in [1.82, 2.24) is 9.97 Å². The van der Waals surface area contributed by atoms with E-state index < -0.39 is 5.97 Å². The summed E-state index contributed by atoms with van der Waals surface area (Å²) in [5.74, 6) is 0.418. The van der Waals surface area contributed by atoms with Crippen LogP contribution in [0.15, 0.2) is 35.4 Å². The van der Waals surface area contributed by atoms with Gasteiger partial charge in [0.1, 0.15) is 17.4 Å². The number of cyclic esters (lactones) is 1. The lowest BCUT2D eigenvalue weighted by atomic mass is 9.89. The van der Waals surface area contributed by atoms with Crippen LogP contribution in [0.25, 0.3) is 5.57 Å². The Morgan fingerprint density at radius 3 is 2.32 bits per heavy atom. The van der Waals surface area contributed by atoms with Gasteiger partial charge in [0, 0.05) is 30.5 Å². The number of hydrogen-bond acceptors (Lipinski definition) is 6. The predicted molar refractivity (Wildman–Crippen MR) is 111 cm³/mol. The summed E-state index contributed by atoms with van der Waals surface area (Å²) in [4.78, 5) is 21.3. The van der Waals surface area contributed by atoms with Crippen LogP contribution < -0.4 is 0 Å². The number of hydrogen-bond donors (Lipinski definition) is 1. The zero-order valence-electron chi connectivity index (χ0n) is 16.9. The van der Waals surface area contributed by atoms with Gasteiger partial charge in [-0.15, -0.1) is 0 Å². The molecule has 3 rings (SSSR count). The van der Waals surface area contributed by atoms with Crippen LogP contribution >= 0.6 is 11.8 Å². The zero-order chi connectivity index (χ0) is 20.4. The third-order valence-corrected chi connectivity index (χ3v) is 6.10. The molecule has 2 heterocycles. The number of nitrogens with zero attached hydrogens (tertiary/aromatic N) is 2. The SMILES string of the molecule is Cc1cnc(SCC(C)C2CC(O)=C(c3c(C)cc(C)cc3C)C(=O)O2)nc1. The summed E-state index contributed by atoms with van der Waals surface area (Å²) in [6, 6.07) is 4.03. The summed E-state index contributed by atoms with van der Waals surface area (Å²) in [6.45, 7) is 9.89. The van der Waals surface area contributed by atoms with E-state index in [-0.39, 0.29) is 17.8 Å². The molecule has 1 aliphatic heterocycles. The lowest BCUT2D eigenvalue weighted by Gasteiger charge is -2.29. The Kier molecular flexibility index (Phi) is 6.08. The molecule has 0 bridgehead atoms. The lowest BCUT2D eigenvalue weighted by molar-refractivity contribution is -0.145. The van der Waals surface area contributed by atoms with E-state index >= 15 is 0 Å². The number of esters is 1. The molecule has 1 N–H and O–H groups in total. The summed E-state index contributed by atoms with van der Waals surface area (Å²) in [5, 5.41) is 11.4. The maximum atomic E-state index is 12.7. The fraction of sp³-hybridized carbons (Fsp3) is 0.409. The van der Waals surface area contributed by atoms with Crippen molar-refractivity contribution in [2.75, 3.05) is 5.75 Å². The number of aliphatic hydroxyl groups excluding tert-OH is 1. The molecule has 0 radical (unpaired) electrons. The van der Waals surface area contributed by atoms with Crippen molar-refractivity contribution < 1.29 is 14.6 Å². The van der Waals surface area contributed by atoms with Gasteiger partial charge < -0.3 is 9.84 Å². The Bertz CT molecular complexity index is 899. The fourth-order valence-corrected chi connectivity index (χ4v) is 4.44. The van der Waals surface area contributed by atoms with Gasteiger partial charge in [0.15, 0.2) is 5.16 Å². The maximum Gasteiger partial charge on any atom is 0.342 e. The monoisotopic (exact) mass is 398 g/mol. The molecule has 1 aromatic carbocycles. The number of carbonyl (C=O) groups excluding carboxylic acids is 1. The second-order valence-electron chi connectivity index (χ2n) is 7.57. The second-order valence-corrected chi connectivity index (χ2v) is 8.56. The van der Waals surface area contributed by atoms with E-state index in [0.717, 1.165) is 27.8 Å². The molecule has 0 saturated heterocycles. The first-order chi connectivity index (χ1) is 13.3. The summed E-state index contributed by atoms with van der Waals surface area (Å²) in [5.41, 5.74) is 5.16. The van der Waals surface area contributed by atoms with Gasteiger partial charge in [-0.2, -0.15) is 0 Å². The third-order valence-electron chi connectivity index (χ3n) is 4.94. The molecule has 5 nitrogen and oxygen atoms in total. The highest BCUT2D eigenvalue weighted by molar-refractivity contribution is 7.99. The van der Waals surface area contributed by atoms with Crippen LogP contribution in [0.2, 0.25) is 0 Å². The van der Waals surface area contributed by atoms with Gasteiger partial charge in [0.25, 0.3) is 0 Å². The predicted octanol–water partition coefficient (Wildman–Crippen LogP) is 4.72. The smallest absolute Gasteiger partial charge is 0.342 e. The highest BCUT2D eigenvalue weighted by Crippen LogP contribution is 2.35. The van der Waals surface area contributed by atoms with Gasteiger partial charge >= 0.3 is 5.97 Å². The van der Waals surface area contributed by atoms with E-state index in [4.69, 9.17) is 4.74 Å². The van der Waals surface area contributed by atoms with Crippen LogP contribution in [-0.2, 0) is 9.53 Å². The number of carbonyl (C=O) groups is 1. The maximum absolute atomic E-state index is 12.7. The van der Waals surface area contributed by atoms with E-state index in [2.05, 4.69) is 9.97 Å². The fourth-order valence-electron chi connectivity index (χ4n) is 3.56. The van der Waals surface area contributed by atoms with Gasteiger partial charge in [0.2, 0.25) is 0 Å². The minimum Gasteiger partial charge on any atom is -0.511 e. The molecule has 0 saturated carbocycles. The van der Waals surface area contributed by atoms with Crippen LogP contribution in [-0.4, -0.2) is 32.9 Å². The molecule has 0 amide bonds. The number of aliphatic hydroxyl groups is 1. The highest BCUT2D eigenvalue weighted by atomic mass is 32.2. The second kappa shape index (κ2) is 8.35. The van der Waals surface area contributed by atoms with Gasteiger partial charge in [-0.05, 0) is 49.9 Å². The Morgan fingerprint density at radius 2 is 1.75 bits per heavy atom. The first kappa shape index (κ1) is 20.4. The molecular weight excluding hydrogens is 372 g/mol. The minimum atomic E-state index is -0.452. The van der Waals surface area contributed by atoms with Gasteiger partial charge in [-0.1, -0.05) is 36.4 Å². The largest absolute Gasteiger partial charge is 0.511 e. The highest BCUT2D eigenvalue weighted by Gasteiger charge is 2.34. The first-order valence-electron chi connectivity index (χ1n) is 9.39. The van der Waals surface area contributed by atoms with Crippen molar-refractivity contribution in [3.8, 4) is 0 Å². The number of aryl methyl sites for hydroxylation is 4. The molecule has 148 valence electrons. The molecule has 1 aromatic heterocycles. The average Bonchev–Trinajstić information content (AvgIpc) is 2.62. The summed E-state index contributed by atoms with van der Waals surface area (Å²) in [7, 11) is 0. The Hall–Kier alpha value is -2.34. The minimum absolute atomic E-state index is 0.0581. The van der Waals surface area contributed by atoms with Crippen LogP contribution in [0.1, 0.15) is 41.2 Å². The normalized spacial score (nSPS) is 18.2. The van der Waals surface area contributed by atoms with Crippen molar-refractivity contribution >= 4 is 23.3 Å². The van der Waals surface area contributed by atoms with E-state index in [1.54, 1.807) is 12.4 Å². The molecule has 28 heavy (non-hydrogen) atoms. The van der Waals surface area contributed by atoms with Gasteiger partial charge in [0.05, 0.1) is 0 Å². The molecule has 0 aliphatic carbocycles. The van der Waals surface area contributed by atoms with Crippen LogP contribution in [0.3, 0.4) is 0 Å². The van der Waals surface area contributed by atoms with E-state index in [9.17, 15) is 9.90 Å². The molecule has 6 heteroatoms. The van der Waals surface area contributed by atoms with Crippen LogP contribution in [0, 0.1) is 33.6 Å². The molecule has 0 fully saturated rings. The van der Waals surface area contributed by atoms with Crippen molar-refractivity contribution in [1.29, 1.82) is 0 Å². The van der Waals surface area contributed by atoms with Crippen molar-refractivity contribution in [2.45, 2.75) is 52.3 Å². The quantitative estimate of drug-likeness (QED) is 0.446. The van der Waals surface area contributed by atoms with Crippen molar-refractivity contribution in [3.05, 3.63) is 58.1 Å². The van der Waals surface area contributed by atoms with E-state index in [1.807, 2.05) is 46.8 Å².